The number of pyridine rings is 1. The lowest BCUT2D eigenvalue weighted by molar-refractivity contribution is -0.00932. The van der Waals surface area contributed by atoms with Crippen molar-refractivity contribution in [3.8, 4) is 17.0 Å². The van der Waals surface area contributed by atoms with E-state index in [4.69, 9.17) is 30.6 Å². The summed E-state index contributed by atoms with van der Waals surface area (Å²) in [7, 11) is 6.96. The van der Waals surface area contributed by atoms with E-state index in [1.54, 1.807) is 26.5 Å². The predicted molar refractivity (Wildman–Crippen MR) is 124 cm³/mol. The predicted octanol–water partition coefficient (Wildman–Crippen LogP) is 3.28. The van der Waals surface area contributed by atoms with Gasteiger partial charge in [0.1, 0.15) is 5.82 Å². The van der Waals surface area contributed by atoms with Crippen LogP contribution in [0.5, 0.6) is 5.88 Å². The highest BCUT2D eigenvalue weighted by Crippen LogP contribution is 2.38. The molecule has 0 bridgehead atoms. The number of nitrogens with zero attached hydrogens (tertiary/aromatic N) is 2. The minimum atomic E-state index is -0.380. The minimum Gasteiger partial charge on any atom is -0.480 e. The van der Waals surface area contributed by atoms with Crippen molar-refractivity contribution in [3.63, 3.8) is 0 Å². The number of anilines is 1. The number of H-pyrrole nitrogens is 1. The maximum atomic E-state index is 12.6. The van der Waals surface area contributed by atoms with Gasteiger partial charge in [-0.3, -0.25) is 9.63 Å². The van der Waals surface area contributed by atoms with Crippen molar-refractivity contribution in [2.24, 2.45) is 0 Å². The highest BCUT2D eigenvalue weighted by Gasteiger charge is 2.18. The van der Waals surface area contributed by atoms with Gasteiger partial charge in [-0.05, 0) is 24.3 Å². The highest BCUT2D eigenvalue weighted by molar-refractivity contribution is 6.34. The van der Waals surface area contributed by atoms with E-state index in [0.29, 0.717) is 47.2 Å². The van der Waals surface area contributed by atoms with Gasteiger partial charge in [0.2, 0.25) is 5.88 Å². The number of ether oxygens (including phenoxy) is 3. The molecular weight excluding hydrogens is 436 g/mol. The monoisotopic (exact) mass is 462 g/mol. The number of rotatable bonds is 11. The molecule has 0 spiro atoms. The fourth-order valence-corrected chi connectivity index (χ4v) is 3.36. The van der Waals surface area contributed by atoms with E-state index >= 15 is 0 Å². The smallest absolute Gasteiger partial charge is 0.277 e. The number of methoxy groups -OCH3 is 2. The number of hydrogen-bond acceptors (Lipinski definition) is 7. The Morgan fingerprint density at radius 3 is 2.62 bits per heavy atom. The minimum absolute atomic E-state index is 0.218. The van der Waals surface area contributed by atoms with E-state index in [1.165, 1.54) is 0 Å². The molecule has 2 heterocycles. The molecule has 0 saturated heterocycles. The van der Waals surface area contributed by atoms with E-state index in [-0.39, 0.29) is 12.5 Å². The maximum absolute atomic E-state index is 12.6. The number of halogens is 1. The second-order valence-electron chi connectivity index (χ2n) is 7.09. The topological polar surface area (TPSA) is 97.9 Å². The highest BCUT2D eigenvalue weighted by atomic mass is 35.5. The summed E-state index contributed by atoms with van der Waals surface area (Å²) in [6.07, 6.45) is 1.61. The second-order valence-corrected chi connectivity index (χ2v) is 7.49. The number of nitrogens with one attached hydrogen (secondary N) is 2. The number of benzene rings is 1. The number of amides is 1. The van der Waals surface area contributed by atoms with Gasteiger partial charge in [-0.2, -0.15) is 4.98 Å². The molecule has 0 aliphatic carbocycles. The number of fused-ring (bicyclic) bond motifs is 1. The molecule has 0 atom stereocenters. The maximum Gasteiger partial charge on any atom is 0.277 e. The summed E-state index contributed by atoms with van der Waals surface area (Å²) >= 11 is 6.55. The first kappa shape index (κ1) is 23.8. The Bertz CT molecular complexity index is 1070. The van der Waals surface area contributed by atoms with Crippen LogP contribution < -0.4 is 15.1 Å². The van der Waals surface area contributed by atoms with E-state index in [9.17, 15) is 4.79 Å². The van der Waals surface area contributed by atoms with E-state index in [2.05, 4.69) is 15.4 Å². The lowest BCUT2D eigenvalue weighted by atomic mass is 10.0. The van der Waals surface area contributed by atoms with E-state index < -0.39 is 0 Å². The summed E-state index contributed by atoms with van der Waals surface area (Å²) in [5.74, 6) is 0.818. The zero-order valence-corrected chi connectivity index (χ0v) is 19.3. The van der Waals surface area contributed by atoms with E-state index in [0.717, 1.165) is 16.9 Å². The molecule has 1 aromatic carbocycles. The van der Waals surface area contributed by atoms with Crippen molar-refractivity contribution in [2.75, 3.05) is 59.6 Å². The summed E-state index contributed by atoms with van der Waals surface area (Å²) in [6, 6.07) is 7.39. The average Bonchev–Trinajstić information content (AvgIpc) is 3.20. The zero-order chi connectivity index (χ0) is 23.1. The lowest BCUT2D eigenvalue weighted by Crippen LogP contribution is -2.25. The van der Waals surface area contributed by atoms with Crippen molar-refractivity contribution in [1.82, 2.24) is 15.4 Å². The molecule has 0 fully saturated rings. The molecule has 10 heteroatoms. The Labute approximate surface area is 191 Å². The fraction of sp³-hybridized carbons (Fsp3) is 0.364. The molecule has 0 radical (unpaired) electrons. The summed E-state index contributed by atoms with van der Waals surface area (Å²) < 4.78 is 15.7. The SMILES string of the molecule is COCCOCCONC(=O)c1c[nH]c2cc(Cl)c(-c3ccc(N(C)C)nc3OC)cc12. The molecule has 0 unspecified atom stereocenters. The van der Waals surface area contributed by atoms with Gasteiger partial charge in [0.25, 0.3) is 5.91 Å². The Balaban J connectivity index is 1.81. The zero-order valence-electron chi connectivity index (χ0n) is 18.5. The Hall–Kier alpha value is -2.85. The van der Waals surface area contributed by atoms with Crippen LogP contribution in [0.15, 0.2) is 30.5 Å². The lowest BCUT2D eigenvalue weighted by Gasteiger charge is -2.15. The van der Waals surface area contributed by atoms with Gasteiger partial charge in [0.05, 0.1) is 44.1 Å². The number of carbonyl (C=O) groups is 1. The molecular formula is C22H27ClN4O5. The Morgan fingerprint density at radius 2 is 1.91 bits per heavy atom. The van der Waals surface area contributed by atoms with Crippen molar-refractivity contribution >= 4 is 34.2 Å². The van der Waals surface area contributed by atoms with Crippen molar-refractivity contribution < 1.29 is 23.8 Å². The molecule has 32 heavy (non-hydrogen) atoms. The summed E-state index contributed by atoms with van der Waals surface area (Å²) in [5.41, 5.74) is 5.02. The second kappa shape index (κ2) is 11.1. The van der Waals surface area contributed by atoms with Gasteiger partial charge in [0.15, 0.2) is 0 Å². The van der Waals surface area contributed by atoms with Crippen molar-refractivity contribution in [3.05, 3.63) is 41.0 Å². The molecule has 0 saturated carbocycles. The summed E-state index contributed by atoms with van der Waals surface area (Å²) in [4.78, 5) is 27.3. The normalized spacial score (nSPS) is 11.0. The molecule has 2 N–H and O–H groups in total. The number of hydroxylamine groups is 1. The van der Waals surface area contributed by atoms with Gasteiger partial charge in [-0.1, -0.05) is 11.6 Å². The van der Waals surface area contributed by atoms with Crippen molar-refractivity contribution in [1.29, 1.82) is 0 Å². The quantitative estimate of drug-likeness (QED) is 0.333. The number of hydrogen-bond donors (Lipinski definition) is 2. The van der Waals surface area contributed by atoms with Crippen LogP contribution in [0.25, 0.3) is 22.0 Å². The Kier molecular flexibility index (Phi) is 8.29. The average molecular weight is 463 g/mol. The largest absolute Gasteiger partial charge is 0.480 e. The fourth-order valence-electron chi connectivity index (χ4n) is 3.09. The summed E-state index contributed by atoms with van der Waals surface area (Å²) in [5, 5.41) is 1.20. The third kappa shape index (κ3) is 5.49. The van der Waals surface area contributed by atoms with Crippen LogP contribution in [0.1, 0.15) is 10.4 Å². The molecule has 0 aliphatic rings. The van der Waals surface area contributed by atoms with Gasteiger partial charge < -0.3 is 24.1 Å². The van der Waals surface area contributed by atoms with Gasteiger partial charge in [0, 0.05) is 49.4 Å². The standard InChI is InChI=1S/C22H27ClN4O5/c1-27(2)20-6-5-14(22(25-20)30-4)15-11-16-17(13-24-19(16)12-18(15)23)21(28)26-32-10-9-31-8-7-29-3/h5-6,11-13,24H,7-10H2,1-4H3,(H,26,28). The Morgan fingerprint density at radius 1 is 1.12 bits per heavy atom. The first-order chi connectivity index (χ1) is 15.5. The number of aromatic nitrogens is 2. The van der Waals surface area contributed by atoms with Gasteiger partial charge in [-0.15, -0.1) is 0 Å². The first-order valence-electron chi connectivity index (χ1n) is 9.98. The van der Waals surface area contributed by atoms with Crippen LogP contribution in [0.4, 0.5) is 5.82 Å². The van der Waals surface area contributed by atoms with Gasteiger partial charge >= 0.3 is 0 Å². The summed E-state index contributed by atoms with van der Waals surface area (Å²) in [6.45, 7) is 1.53. The van der Waals surface area contributed by atoms with Crippen molar-refractivity contribution in [2.45, 2.75) is 0 Å². The first-order valence-corrected chi connectivity index (χ1v) is 10.4. The van der Waals surface area contributed by atoms with Crippen LogP contribution >= 0.6 is 11.6 Å². The molecule has 2 aromatic heterocycles. The van der Waals surface area contributed by atoms with Crippen LogP contribution in [0, 0.1) is 0 Å². The van der Waals surface area contributed by atoms with E-state index in [1.807, 2.05) is 37.2 Å². The number of carbonyl (C=O) groups excluding carboxylic acids is 1. The van der Waals surface area contributed by atoms with Crippen LogP contribution in [0.2, 0.25) is 5.02 Å². The molecule has 172 valence electrons. The molecule has 3 rings (SSSR count). The van der Waals surface area contributed by atoms with Crippen LogP contribution in [-0.4, -0.2) is 70.6 Å². The molecule has 9 nitrogen and oxygen atoms in total. The third-order valence-corrected chi connectivity index (χ3v) is 5.04. The molecule has 3 aromatic rings. The van der Waals surface area contributed by atoms with Gasteiger partial charge in [-0.25, -0.2) is 5.48 Å². The molecule has 1 amide bonds. The van der Waals surface area contributed by atoms with Crippen LogP contribution in [-0.2, 0) is 14.3 Å². The van der Waals surface area contributed by atoms with Crippen LogP contribution in [0.3, 0.4) is 0 Å². The number of aromatic amines is 1. The molecule has 0 aliphatic heterocycles. The third-order valence-electron chi connectivity index (χ3n) is 4.73.